The number of H-pyrrole nitrogens is 1. The van der Waals surface area contributed by atoms with Crippen molar-refractivity contribution in [2.24, 2.45) is 0 Å². The zero-order valence-electron chi connectivity index (χ0n) is 16.7. The second-order valence-corrected chi connectivity index (χ2v) is 8.77. The lowest BCUT2D eigenvalue weighted by atomic mass is 10.2. The molecule has 0 saturated heterocycles. The lowest BCUT2D eigenvalue weighted by Gasteiger charge is -2.06. The summed E-state index contributed by atoms with van der Waals surface area (Å²) in [6.45, 7) is 2.02. The Kier molecular flexibility index (Phi) is 6.19. The quantitative estimate of drug-likeness (QED) is 0.160. The van der Waals surface area contributed by atoms with Gasteiger partial charge in [0.1, 0.15) is 17.2 Å². The first-order chi connectivity index (χ1) is 15.0. The highest BCUT2D eigenvalue weighted by molar-refractivity contribution is 8.01. The Morgan fingerprint density at radius 2 is 2.06 bits per heavy atom. The second-order valence-electron chi connectivity index (χ2n) is 6.57. The van der Waals surface area contributed by atoms with Gasteiger partial charge in [-0.05, 0) is 36.8 Å². The standard InChI is InChI=1S/C21H19N5O3S2/c1-12-6-5-7-13(10-12)22-20-25-26-21(31-20)30-11-16(27)17(19(28)29-2)18-23-14-8-3-4-9-15(14)24-18/h3-10,27H,11H2,1-2H3,(H,22,25)(H,23,24)/b17-16+. The van der Waals surface area contributed by atoms with E-state index in [-0.39, 0.29) is 22.9 Å². The lowest BCUT2D eigenvalue weighted by Crippen LogP contribution is -2.09. The molecule has 0 radical (unpaired) electrons. The monoisotopic (exact) mass is 453 g/mol. The molecule has 158 valence electrons. The molecule has 0 spiro atoms. The van der Waals surface area contributed by atoms with Gasteiger partial charge >= 0.3 is 5.97 Å². The summed E-state index contributed by atoms with van der Waals surface area (Å²) in [6.07, 6.45) is 0. The fraction of sp³-hybridized carbons (Fsp3) is 0.143. The van der Waals surface area contributed by atoms with Crippen molar-refractivity contribution in [1.29, 1.82) is 0 Å². The Balaban J connectivity index is 1.51. The number of benzene rings is 2. The number of aliphatic hydroxyl groups excluding tert-OH is 1. The minimum absolute atomic E-state index is 0.00572. The number of thioether (sulfide) groups is 1. The molecule has 4 aromatic rings. The normalized spacial score (nSPS) is 11.9. The minimum Gasteiger partial charge on any atom is -0.510 e. The van der Waals surface area contributed by atoms with Gasteiger partial charge in [0, 0.05) is 5.69 Å². The smallest absolute Gasteiger partial charge is 0.345 e. The maximum Gasteiger partial charge on any atom is 0.345 e. The Morgan fingerprint density at radius 1 is 1.23 bits per heavy atom. The molecule has 0 aliphatic carbocycles. The van der Waals surface area contributed by atoms with E-state index in [0.717, 1.165) is 16.8 Å². The van der Waals surface area contributed by atoms with E-state index in [1.807, 2.05) is 55.5 Å². The molecule has 8 nitrogen and oxygen atoms in total. The molecule has 0 saturated carbocycles. The number of ether oxygens (including phenoxy) is 1. The van der Waals surface area contributed by atoms with Crippen LogP contribution in [-0.4, -0.2) is 44.1 Å². The summed E-state index contributed by atoms with van der Waals surface area (Å²) in [5.41, 5.74) is 3.51. The van der Waals surface area contributed by atoms with Gasteiger partial charge in [0.05, 0.1) is 23.9 Å². The highest BCUT2D eigenvalue weighted by Gasteiger charge is 2.22. The van der Waals surface area contributed by atoms with Gasteiger partial charge in [0.25, 0.3) is 0 Å². The average molecular weight is 454 g/mol. The summed E-state index contributed by atoms with van der Waals surface area (Å²) in [6, 6.07) is 15.3. The third-order valence-electron chi connectivity index (χ3n) is 4.31. The molecule has 0 bridgehead atoms. The number of hydrogen-bond acceptors (Lipinski definition) is 9. The van der Waals surface area contributed by atoms with Crippen molar-refractivity contribution in [1.82, 2.24) is 20.2 Å². The van der Waals surface area contributed by atoms with Gasteiger partial charge in [-0.25, -0.2) is 9.78 Å². The largest absolute Gasteiger partial charge is 0.510 e. The zero-order valence-corrected chi connectivity index (χ0v) is 18.4. The number of esters is 1. The van der Waals surface area contributed by atoms with Crippen LogP contribution in [0, 0.1) is 6.92 Å². The number of nitrogens with zero attached hydrogens (tertiary/aromatic N) is 3. The van der Waals surface area contributed by atoms with Gasteiger partial charge in [-0.15, -0.1) is 10.2 Å². The number of para-hydroxylation sites is 2. The van der Waals surface area contributed by atoms with Gasteiger partial charge in [0.2, 0.25) is 5.13 Å². The predicted octanol–water partition coefficient (Wildman–Crippen LogP) is 4.70. The molecule has 0 aliphatic rings. The van der Waals surface area contributed by atoms with Crippen LogP contribution in [0.15, 0.2) is 58.6 Å². The minimum atomic E-state index is -0.670. The van der Waals surface area contributed by atoms with E-state index >= 15 is 0 Å². The number of aliphatic hydroxyl groups is 1. The Bertz CT molecular complexity index is 1230. The molecule has 0 aliphatic heterocycles. The molecule has 10 heteroatoms. The molecule has 0 amide bonds. The van der Waals surface area contributed by atoms with Crippen molar-refractivity contribution >= 4 is 56.5 Å². The second kappa shape index (κ2) is 9.19. The number of aromatic amines is 1. The number of aromatic nitrogens is 4. The first-order valence-corrected chi connectivity index (χ1v) is 11.1. The number of carbonyl (C=O) groups excluding carboxylic acids is 1. The molecule has 2 aromatic carbocycles. The number of nitrogens with one attached hydrogen (secondary N) is 2. The number of rotatable bonds is 7. The zero-order chi connectivity index (χ0) is 21.8. The third kappa shape index (κ3) is 4.86. The molecule has 4 rings (SSSR count). The summed E-state index contributed by atoms with van der Waals surface area (Å²) in [5, 5.41) is 22.8. The van der Waals surface area contributed by atoms with Gasteiger partial charge in [-0.1, -0.05) is 47.4 Å². The van der Waals surface area contributed by atoms with Crippen molar-refractivity contribution in [3.05, 3.63) is 65.7 Å². The summed E-state index contributed by atoms with van der Waals surface area (Å²) < 4.78 is 5.50. The molecular weight excluding hydrogens is 434 g/mol. The fourth-order valence-corrected chi connectivity index (χ4v) is 4.54. The number of methoxy groups -OCH3 is 1. The maximum absolute atomic E-state index is 12.3. The van der Waals surface area contributed by atoms with Crippen molar-refractivity contribution in [3.8, 4) is 0 Å². The summed E-state index contributed by atoms with van der Waals surface area (Å²) >= 11 is 2.63. The van der Waals surface area contributed by atoms with E-state index in [1.54, 1.807) is 0 Å². The maximum atomic E-state index is 12.3. The van der Waals surface area contributed by atoms with Crippen LogP contribution in [0.1, 0.15) is 11.4 Å². The van der Waals surface area contributed by atoms with E-state index in [2.05, 4.69) is 25.5 Å². The predicted molar refractivity (Wildman–Crippen MR) is 123 cm³/mol. The van der Waals surface area contributed by atoms with Gasteiger partial charge < -0.3 is 20.1 Å². The first-order valence-electron chi connectivity index (χ1n) is 9.29. The summed E-state index contributed by atoms with van der Waals surface area (Å²) in [5.74, 6) is -0.457. The number of imidazole rings is 1. The van der Waals surface area contributed by atoms with E-state index in [0.29, 0.717) is 15.0 Å². The molecule has 2 heterocycles. The van der Waals surface area contributed by atoms with Crippen LogP contribution in [0.5, 0.6) is 0 Å². The molecular formula is C21H19N5O3S2. The molecule has 0 fully saturated rings. The van der Waals surface area contributed by atoms with Crippen LogP contribution in [0.3, 0.4) is 0 Å². The van der Waals surface area contributed by atoms with E-state index in [9.17, 15) is 9.90 Å². The van der Waals surface area contributed by atoms with Gasteiger partial charge in [-0.2, -0.15) is 0 Å². The van der Waals surface area contributed by atoms with Crippen molar-refractivity contribution in [3.63, 3.8) is 0 Å². The topological polar surface area (TPSA) is 113 Å². The van der Waals surface area contributed by atoms with Crippen molar-refractivity contribution in [2.75, 3.05) is 18.2 Å². The Morgan fingerprint density at radius 3 is 2.84 bits per heavy atom. The third-order valence-corrected chi connectivity index (χ3v) is 6.30. The Labute approximate surface area is 186 Å². The van der Waals surface area contributed by atoms with Gasteiger partial charge in [0.15, 0.2) is 4.34 Å². The molecule has 0 unspecified atom stereocenters. The first kappa shape index (κ1) is 20.9. The number of fused-ring (bicyclic) bond motifs is 1. The average Bonchev–Trinajstić information content (AvgIpc) is 3.38. The van der Waals surface area contributed by atoms with E-state index < -0.39 is 5.97 Å². The molecule has 3 N–H and O–H groups in total. The van der Waals surface area contributed by atoms with Crippen LogP contribution in [0.25, 0.3) is 16.6 Å². The number of anilines is 2. The molecule has 2 aromatic heterocycles. The Hall–Kier alpha value is -3.37. The van der Waals surface area contributed by atoms with Crippen LogP contribution in [0.2, 0.25) is 0 Å². The lowest BCUT2D eigenvalue weighted by molar-refractivity contribution is -0.133. The number of aryl methyl sites for hydroxylation is 1. The van der Waals surface area contributed by atoms with Crippen LogP contribution >= 0.6 is 23.1 Å². The highest BCUT2D eigenvalue weighted by Crippen LogP contribution is 2.30. The van der Waals surface area contributed by atoms with E-state index in [1.165, 1.54) is 30.2 Å². The van der Waals surface area contributed by atoms with E-state index in [4.69, 9.17) is 4.74 Å². The SMILES string of the molecule is COC(=O)/C(=C(/O)CSc1nnc(Nc2cccc(C)c2)s1)c1nc2ccccc2[nH]1. The highest BCUT2D eigenvalue weighted by atomic mass is 32.2. The number of carbonyl (C=O) groups is 1. The van der Waals surface area contributed by atoms with Crippen LogP contribution in [-0.2, 0) is 9.53 Å². The van der Waals surface area contributed by atoms with Gasteiger partial charge in [-0.3, -0.25) is 0 Å². The fourth-order valence-electron chi connectivity index (χ4n) is 2.89. The van der Waals surface area contributed by atoms with Crippen LogP contribution in [0.4, 0.5) is 10.8 Å². The summed E-state index contributed by atoms with van der Waals surface area (Å²) in [7, 11) is 1.26. The molecule has 0 atom stereocenters. The summed E-state index contributed by atoms with van der Waals surface area (Å²) in [4.78, 5) is 19.8. The number of hydrogen-bond donors (Lipinski definition) is 3. The molecule has 31 heavy (non-hydrogen) atoms. The van der Waals surface area contributed by atoms with Crippen molar-refractivity contribution in [2.45, 2.75) is 11.3 Å². The van der Waals surface area contributed by atoms with Crippen molar-refractivity contribution < 1.29 is 14.6 Å². The van der Waals surface area contributed by atoms with Crippen LogP contribution < -0.4 is 5.32 Å².